The molecule has 2 rings (SSSR count). The SMILES string of the molecule is CN1CCN(NC(=O)c2cc(S)ccc2Br)CC1. The van der Waals surface area contributed by atoms with Gasteiger partial charge in [0.1, 0.15) is 0 Å². The van der Waals surface area contributed by atoms with Crippen molar-refractivity contribution in [1.82, 2.24) is 15.3 Å². The van der Waals surface area contributed by atoms with Crippen molar-refractivity contribution in [3.8, 4) is 0 Å². The Morgan fingerprint density at radius 3 is 2.67 bits per heavy atom. The van der Waals surface area contributed by atoms with E-state index in [0.29, 0.717) is 5.56 Å². The lowest BCUT2D eigenvalue weighted by Gasteiger charge is -2.32. The zero-order valence-corrected chi connectivity index (χ0v) is 12.7. The maximum absolute atomic E-state index is 12.1. The number of carbonyl (C=O) groups excluding carboxylic acids is 1. The van der Waals surface area contributed by atoms with Crippen LogP contribution in [-0.4, -0.2) is 49.0 Å². The van der Waals surface area contributed by atoms with Crippen LogP contribution in [0.5, 0.6) is 0 Å². The second kappa shape index (κ2) is 6.06. The average molecular weight is 330 g/mol. The molecule has 0 saturated carbocycles. The van der Waals surface area contributed by atoms with Gasteiger partial charge in [0.25, 0.3) is 5.91 Å². The number of hydrogen-bond acceptors (Lipinski definition) is 4. The monoisotopic (exact) mass is 329 g/mol. The number of hydrogen-bond donors (Lipinski definition) is 2. The van der Waals surface area contributed by atoms with Gasteiger partial charge in [-0.05, 0) is 41.2 Å². The first kappa shape index (κ1) is 13.9. The maximum Gasteiger partial charge on any atom is 0.266 e. The van der Waals surface area contributed by atoms with Gasteiger partial charge in [-0.1, -0.05) is 0 Å². The van der Waals surface area contributed by atoms with Gasteiger partial charge in [-0.15, -0.1) is 12.6 Å². The van der Waals surface area contributed by atoms with Crippen LogP contribution in [0.25, 0.3) is 0 Å². The molecule has 0 radical (unpaired) electrons. The number of nitrogens with zero attached hydrogens (tertiary/aromatic N) is 2. The molecule has 1 aliphatic heterocycles. The van der Waals surface area contributed by atoms with Gasteiger partial charge in [0.15, 0.2) is 0 Å². The molecule has 1 aromatic rings. The van der Waals surface area contributed by atoms with Crippen LogP contribution in [-0.2, 0) is 0 Å². The Hall–Kier alpha value is -0.560. The molecule has 0 aromatic heterocycles. The van der Waals surface area contributed by atoms with Crippen molar-refractivity contribution in [3.05, 3.63) is 28.2 Å². The van der Waals surface area contributed by atoms with Crippen LogP contribution in [0.4, 0.5) is 0 Å². The molecule has 0 spiro atoms. The van der Waals surface area contributed by atoms with Crippen LogP contribution in [0.2, 0.25) is 0 Å². The van der Waals surface area contributed by atoms with E-state index < -0.39 is 0 Å². The third-order valence-corrected chi connectivity index (χ3v) is 3.93. The number of nitrogens with one attached hydrogen (secondary N) is 1. The predicted molar refractivity (Wildman–Crippen MR) is 77.9 cm³/mol. The highest BCUT2D eigenvalue weighted by molar-refractivity contribution is 9.10. The van der Waals surface area contributed by atoms with E-state index in [2.05, 4.69) is 45.9 Å². The standard InChI is InChI=1S/C12H16BrN3OS/c1-15-4-6-16(7-5-15)14-12(17)10-8-9(18)2-3-11(10)13/h2-3,8,18H,4-7H2,1H3,(H,14,17). The van der Waals surface area contributed by atoms with Crippen molar-refractivity contribution in [2.24, 2.45) is 0 Å². The molecule has 0 unspecified atom stereocenters. The van der Waals surface area contributed by atoms with E-state index in [0.717, 1.165) is 35.5 Å². The molecule has 1 aromatic carbocycles. The quantitative estimate of drug-likeness (QED) is 0.809. The summed E-state index contributed by atoms with van der Waals surface area (Å²) >= 11 is 7.64. The molecule has 98 valence electrons. The number of carbonyl (C=O) groups is 1. The van der Waals surface area contributed by atoms with E-state index >= 15 is 0 Å². The van der Waals surface area contributed by atoms with Crippen LogP contribution in [0, 0.1) is 0 Å². The number of halogens is 1. The minimum absolute atomic E-state index is 0.0951. The minimum atomic E-state index is -0.0951. The van der Waals surface area contributed by atoms with Crippen LogP contribution in [0.15, 0.2) is 27.6 Å². The van der Waals surface area contributed by atoms with Crippen LogP contribution in [0.3, 0.4) is 0 Å². The molecule has 18 heavy (non-hydrogen) atoms. The summed E-state index contributed by atoms with van der Waals surface area (Å²) in [4.78, 5) is 15.2. The van der Waals surface area contributed by atoms with Gasteiger partial charge in [-0.25, -0.2) is 5.01 Å². The van der Waals surface area contributed by atoms with E-state index in [1.165, 1.54) is 0 Å². The number of benzene rings is 1. The Balaban J connectivity index is 2.01. The van der Waals surface area contributed by atoms with Crippen LogP contribution < -0.4 is 5.43 Å². The Bertz CT molecular complexity index is 447. The van der Waals surface area contributed by atoms with E-state index in [-0.39, 0.29) is 5.91 Å². The highest BCUT2D eigenvalue weighted by Crippen LogP contribution is 2.20. The third-order valence-electron chi connectivity index (χ3n) is 2.96. The zero-order valence-electron chi connectivity index (χ0n) is 10.2. The summed E-state index contributed by atoms with van der Waals surface area (Å²) in [7, 11) is 2.08. The molecule has 1 heterocycles. The summed E-state index contributed by atoms with van der Waals surface area (Å²) in [6.07, 6.45) is 0. The molecule has 0 atom stereocenters. The second-order valence-electron chi connectivity index (χ2n) is 4.40. The molecular weight excluding hydrogens is 314 g/mol. The van der Waals surface area contributed by atoms with E-state index in [1.54, 1.807) is 6.07 Å². The molecule has 1 amide bonds. The summed E-state index contributed by atoms with van der Waals surface area (Å²) in [5, 5.41) is 1.96. The van der Waals surface area contributed by atoms with E-state index in [4.69, 9.17) is 0 Å². The Morgan fingerprint density at radius 1 is 1.33 bits per heavy atom. The predicted octanol–water partition coefficient (Wildman–Crippen LogP) is 1.63. The number of rotatable bonds is 2. The summed E-state index contributed by atoms with van der Waals surface area (Å²) in [5.41, 5.74) is 3.54. The van der Waals surface area contributed by atoms with Crippen molar-refractivity contribution in [1.29, 1.82) is 0 Å². The first-order chi connectivity index (χ1) is 8.56. The van der Waals surface area contributed by atoms with Gasteiger partial charge in [0.2, 0.25) is 0 Å². The third kappa shape index (κ3) is 3.47. The molecule has 0 bridgehead atoms. The number of hydrazine groups is 1. The fraction of sp³-hybridized carbons (Fsp3) is 0.417. The van der Waals surface area contributed by atoms with Crippen LogP contribution in [0.1, 0.15) is 10.4 Å². The van der Waals surface area contributed by atoms with Crippen molar-refractivity contribution in [2.75, 3.05) is 33.2 Å². The number of piperazine rings is 1. The van der Waals surface area contributed by atoms with Gasteiger partial charge < -0.3 is 4.90 Å². The summed E-state index contributed by atoms with van der Waals surface area (Å²) < 4.78 is 0.784. The van der Waals surface area contributed by atoms with Gasteiger partial charge in [0, 0.05) is 35.5 Å². The van der Waals surface area contributed by atoms with Gasteiger partial charge in [-0.2, -0.15) is 0 Å². The maximum atomic E-state index is 12.1. The van der Waals surface area contributed by atoms with Gasteiger partial charge in [0.05, 0.1) is 5.56 Å². The molecule has 6 heteroatoms. The fourth-order valence-corrected chi connectivity index (χ4v) is 2.44. The smallest absolute Gasteiger partial charge is 0.266 e. The van der Waals surface area contributed by atoms with E-state index in [1.807, 2.05) is 17.1 Å². The number of likely N-dealkylation sites (N-methyl/N-ethyl adjacent to an activating group) is 1. The lowest BCUT2D eigenvalue weighted by molar-refractivity contribution is 0.0661. The summed E-state index contributed by atoms with van der Waals surface area (Å²) in [6.45, 7) is 3.63. The number of amides is 1. The lowest BCUT2D eigenvalue weighted by atomic mass is 10.2. The first-order valence-corrected chi connectivity index (χ1v) is 7.03. The van der Waals surface area contributed by atoms with Crippen molar-refractivity contribution in [3.63, 3.8) is 0 Å². The molecule has 1 fully saturated rings. The average Bonchev–Trinajstić information content (AvgIpc) is 2.35. The van der Waals surface area contributed by atoms with Gasteiger partial charge in [-0.3, -0.25) is 10.2 Å². The summed E-state index contributed by atoms with van der Waals surface area (Å²) in [5.74, 6) is -0.0951. The second-order valence-corrected chi connectivity index (χ2v) is 5.77. The Morgan fingerprint density at radius 2 is 2.00 bits per heavy atom. The molecule has 1 saturated heterocycles. The molecule has 4 nitrogen and oxygen atoms in total. The highest BCUT2D eigenvalue weighted by atomic mass is 79.9. The van der Waals surface area contributed by atoms with E-state index in [9.17, 15) is 4.79 Å². The zero-order chi connectivity index (χ0) is 13.1. The molecule has 1 N–H and O–H groups in total. The lowest BCUT2D eigenvalue weighted by Crippen LogP contribution is -2.52. The highest BCUT2D eigenvalue weighted by Gasteiger charge is 2.17. The Kier molecular flexibility index (Phi) is 4.66. The van der Waals surface area contributed by atoms with Crippen molar-refractivity contribution in [2.45, 2.75) is 4.90 Å². The van der Waals surface area contributed by atoms with Crippen LogP contribution >= 0.6 is 28.6 Å². The molecule has 0 aliphatic carbocycles. The topological polar surface area (TPSA) is 35.6 Å². The molecule has 1 aliphatic rings. The minimum Gasteiger partial charge on any atom is -0.304 e. The number of thiol groups is 1. The largest absolute Gasteiger partial charge is 0.304 e. The first-order valence-electron chi connectivity index (χ1n) is 5.79. The summed E-state index contributed by atoms with van der Waals surface area (Å²) in [6, 6.07) is 5.44. The van der Waals surface area contributed by atoms with Crippen molar-refractivity contribution < 1.29 is 4.79 Å². The normalized spacial score (nSPS) is 17.7. The fourth-order valence-electron chi connectivity index (χ4n) is 1.81. The Labute approximate surface area is 121 Å². The van der Waals surface area contributed by atoms with Gasteiger partial charge >= 0.3 is 0 Å². The van der Waals surface area contributed by atoms with Crippen molar-refractivity contribution >= 4 is 34.5 Å². The molecular formula is C12H16BrN3OS.